The van der Waals surface area contributed by atoms with Crippen molar-refractivity contribution in [2.45, 2.75) is 13.8 Å². The molecule has 0 unspecified atom stereocenters. The Bertz CT molecular complexity index is 675. The molecule has 0 radical (unpaired) electrons. The van der Waals surface area contributed by atoms with Gasteiger partial charge in [-0.25, -0.2) is 4.79 Å². The zero-order chi connectivity index (χ0) is 15.6. The SMILES string of the molecule is COC(=O)c1cccc(Oc2cc(C)c(Cl)c(C)c2)c1N. The fourth-order valence-electron chi connectivity index (χ4n) is 2.01. The van der Waals surface area contributed by atoms with Gasteiger partial charge < -0.3 is 15.2 Å². The highest BCUT2D eigenvalue weighted by atomic mass is 35.5. The van der Waals surface area contributed by atoms with Crippen LogP contribution in [0.15, 0.2) is 30.3 Å². The summed E-state index contributed by atoms with van der Waals surface area (Å²) in [6, 6.07) is 8.61. The number of halogens is 1. The molecule has 0 heterocycles. The van der Waals surface area contributed by atoms with Crippen LogP contribution in [0.4, 0.5) is 5.69 Å². The van der Waals surface area contributed by atoms with Crippen LogP contribution in [0, 0.1) is 13.8 Å². The highest BCUT2D eigenvalue weighted by Gasteiger charge is 2.14. The molecule has 4 nitrogen and oxygen atoms in total. The van der Waals surface area contributed by atoms with Crippen molar-refractivity contribution in [3.05, 3.63) is 52.0 Å². The van der Waals surface area contributed by atoms with Crippen LogP contribution in [0.1, 0.15) is 21.5 Å². The second kappa shape index (κ2) is 6.06. The average Bonchev–Trinajstić information content (AvgIpc) is 2.46. The minimum Gasteiger partial charge on any atom is -0.465 e. The standard InChI is InChI=1S/C16H16ClNO3/c1-9-7-11(8-10(2)14(9)17)21-13-6-4-5-12(15(13)18)16(19)20-3/h4-8H,18H2,1-3H3. The molecular weight excluding hydrogens is 290 g/mol. The summed E-state index contributed by atoms with van der Waals surface area (Å²) >= 11 is 6.13. The maximum atomic E-state index is 11.6. The first-order valence-electron chi connectivity index (χ1n) is 6.35. The minimum atomic E-state index is -0.499. The summed E-state index contributed by atoms with van der Waals surface area (Å²) in [6.07, 6.45) is 0. The Labute approximate surface area is 128 Å². The number of carbonyl (C=O) groups excluding carboxylic acids is 1. The van der Waals surface area contributed by atoms with Gasteiger partial charge >= 0.3 is 5.97 Å². The van der Waals surface area contributed by atoms with E-state index in [1.54, 1.807) is 18.2 Å². The summed E-state index contributed by atoms with van der Waals surface area (Å²) in [5.74, 6) is 0.517. The summed E-state index contributed by atoms with van der Waals surface area (Å²) in [4.78, 5) is 11.6. The molecule has 0 aromatic heterocycles. The maximum Gasteiger partial charge on any atom is 0.340 e. The Balaban J connectivity index is 2.38. The van der Waals surface area contributed by atoms with Gasteiger partial charge in [0.25, 0.3) is 0 Å². The number of aryl methyl sites for hydroxylation is 2. The molecule has 0 fully saturated rings. The van der Waals surface area contributed by atoms with E-state index >= 15 is 0 Å². The van der Waals surface area contributed by atoms with Gasteiger partial charge in [-0.3, -0.25) is 0 Å². The van der Waals surface area contributed by atoms with E-state index in [0.717, 1.165) is 11.1 Å². The van der Waals surface area contributed by atoms with Gasteiger partial charge in [-0.15, -0.1) is 0 Å². The van der Waals surface area contributed by atoms with Crippen LogP contribution < -0.4 is 10.5 Å². The van der Waals surface area contributed by atoms with Crippen molar-refractivity contribution in [3.63, 3.8) is 0 Å². The fourth-order valence-corrected chi connectivity index (χ4v) is 2.12. The Morgan fingerprint density at radius 3 is 2.38 bits per heavy atom. The molecule has 0 aliphatic carbocycles. The lowest BCUT2D eigenvalue weighted by Crippen LogP contribution is -2.06. The zero-order valence-electron chi connectivity index (χ0n) is 12.1. The number of hydrogen-bond acceptors (Lipinski definition) is 4. The predicted octanol–water partition coefficient (Wildman–Crippen LogP) is 4.12. The summed E-state index contributed by atoms with van der Waals surface area (Å²) in [6.45, 7) is 3.80. The highest BCUT2D eigenvalue weighted by Crippen LogP contribution is 2.33. The molecule has 110 valence electrons. The molecule has 2 aromatic carbocycles. The summed E-state index contributed by atoms with van der Waals surface area (Å²) in [5, 5.41) is 0.707. The van der Waals surface area contributed by atoms with Crippen molar-refractivity contribution in [2.75, 3.05) is 12.8 Å². The van der Waals surface area contributed by atoms with Crippen LogP contribution in [0.5, 0.6) is 11.5 Å². The number of anilines is 1. The van der Waals surface area contributed by atoms with E-state index in [0.29, 0.717) is 16.5 Å². The molecule has 2 rings (SSSR count). The van der Waals surface area contributed by atoms with E-state index < -0.39 is 5.97 Å². The third-order valence-electron chi connectivity index (χ3n) is 3.11. The van der Waals surface area contributed by atoms with Gasteiger partial charge in [0.2, 0.25) is 0 Å². The molecule has 0 aliphatic heterocycles. The van der Waals surface area contributed by atoms with E-state index in [1.165, 1.54) is 7.11 Å². The van der Waals surface area contributed by atoms with Crippen LogP contribution in [0.25, 0.3) is 0 Å². The molecule has 0 bridgehead atoms. The molecule has 0 saturated heterocycles. The van der Waals surface area contributed by atoms with Gasteiger partial charge in [0.15, 0.2) is 5.75 Å². The first-order chi connectivity index (χ1) is 9.93. The number of methoxy groups -OCH3 is 1. The van der Waals surface area contributed by atoms with Gasteiger partial charge in [0.1, 0.15) is 5.75 Å². The molecule has 2 aromatic rings. The fraction of sp³-hybridized carbons (Fsp3) is 0.188. The van der Waals surface area contributed by atoms with E-state index in [4.69, 9.17) is 22.1 Å². The lowest BCUT2D eigenvalue weighted by molar-refractivity contribution is 0.0601. The number of benzene rings is 2. The second-order valence-corrected chi connectivity index (χ2v) is 5.06. The number of rotatable bonds is 3. The van der Waals surface area contributed by atoms with Crippen molar-refractivity contribution in [2.24, 2.45) is 0 Å². The van der Waals surface area contributed by atoms with Gasteiger partial charge in [0, 0.05) is 5.02 Å². The van der Waals surface area contributed by atoms with Crippen LogP contribution >= 0.6 is 11.6 Å². The van der Waals surface area contributed by atoms with E-state index in [1.807, 2.05) is 26.0 Å². The molecule has 0 saturated carbocycles. The molecule has 2 N–H and O–H groups in total. The Morgan fingerprint density at radius 1 is 1.19 bits per heavy atom. The lowest BCUT2D eigenvalue weighted by Gasteiger charge is -2.13. The van der Waals surface area contributed by atoms with Gasteiger partial charge in [-0.05, 0) is 49.2 Å². The van der Waals surface area contributed by atoms with Gasteiger partial charge in [0.05, 0.1) is 18.4 Å². The summed E-state index contributed by atoms with van der Waals surface area (Å²) in [7, 11) is 1.31. The van der Waals surface area contributed by atoms with E-state index in [-0.39, 0.29) is 11.3 Å². The zero-order valence-corrected chi connectivity index (χ0v) is 12.8. The molecule has 0 amide bonds. The number of carbonyl (C=O) groups is 1. The molecule has 0 atom stereocenters. The first-order valence-corrected chi connectivity index (χ1v) is 6.73. The first kappa shape index (κ1) is 15.2. The maximum absolute atomic E-state index is 11.6. The van der Waals surface area contributed by atoms with Crippen molar-refractivity contribution >= 4 is 23.3 Å². The number of hydrogen-bond donors (Lipinski definition) is 1. The van der Waals surface area contributed by atoms with Crippen LogP contribution in [0.2, 0.25) is 5.02 Å². The van der Waals surface area contributed by atoms with Crippen LogP contribution in [-0.2, 0) is 4.74 Å². The van der Waals surface area contributed by atoms with E-state index in [9.17, 15) is 4.79 Å². The average molecular weight is 306 g/mol. The predicted molar refractivity (Wildman–Crippen MR) is 83.2 cm³/mol. The third kappa shape index (κ3) is 3.11. The molecule has 21 heavy (non-hydrogen) atoms. The smallest absolute Gasteiger partial charge is 0.340 e. The highest BCUT2D eigenvalue weighted by molar-refractivity contribution is 6.32. The van der Waals surface area contributed by atoms with E-state index in [2.05, 4.69) is 4.74 Å². The van der Waals surface area contributed by atoms with Crippen molar-refractivity contribution in [3.8, 4) is 11.5 Å². The van der Waals surface area contributed by atoms with Crippen LogP contribution in [0.3, 0.4) is 0 Å². The number of para-hydroxylation sites is 1. The number of esters is 1. The minimum absolute atomic E-state index is 0.245. The van der Waals surface area contributed by atoms with Crippen LogP contribution in [-0.4, -0.2) is 13.1 Å². The van der Waals surface area contributed by atoms with Gasteiger partial charge in [-0.1, -0.05) is 17.7 Å². The largest absolute Gasteiger partial charge is 0.465 e. The van der Waals surface area contributed by atoms with Crippen molar-refractivity contribution < 1.29 is 14.3 Å². The van der Waals surface area contributed by atoms with Crippen molar-refractivity contribution in [1.82, 2.24) is 0 Å². The molecular formula is C16H16ClNO3. The quantitative estimate of drug-likeness (QED) is 0.684. The Kier molecular flexibility index (Phi) is 4.38. The molecule has 0 aliphatic rings. The van der Waals surface area contributed by atoms with Gasteiger partial charge in [-0.2, -0.15) is 0 Å². The topological polar surface area (TPSA) is 61.5 Å². The summed E-state index contributed by atoms with van der Waals surface area (Å²) in [5.41, 5.74) is 8.31. The number of nitrogen functional groups attached to an aromatic ring is 1. The van der Waals surface area contributed by atoms with Crippen molar-refractivity contribution in [1.29, 1.82) is 0 Å². The summed E-state index contributed by atoms with van der Waals surface area (Å²) < 4.78 is 10.5. The Hall–Kier alpha value is -2.20. The monoisotopic (exact) mass is 305 g/mol. The molecule has 0 spiro atoms. The number of ether oxygens (including phenoxy) is 2. The number of nitrogens with two attached hydrogens (primary N) is 1. The third-order valence-corrected chi connectivity index (χ3v) is 3.71. The lowest BCUT2D eigenvalue weighted by atomic mass is 10.1. The normalized spacial score (nSPS) is 10.3. The Morgan fingerprint density at radius 2 is 1.81 bits per heavy atom. The molecule has 5 heteroatoms. The second-order valence-electron chi connectivity index (χ2n) is 4.68.